The van der Waals surface area contributed by atoms with Crippen molar-refractivity contribution in [2.75, 3.05) is 10.6 Å². The minimum Gasteiger partial charge on any atom is -0.506 e. The van der Waals surface area contributed by atoms with Gasteiger partial charge in [0.2, 0.25) is 18.1 Å². The number of carbonyl (C=O) groups is 2. The Bertz CT molecular complexity index is 1410. The zero-order valence-electron chi connectivity index (χ0n) is 20.6. The molecule has 7 nitrogen and oxygen atoms in total. The molecule has 0 heterocycles. The maximum Gasteiger partial charge on any atom is 0.243 e. The molecule has 2 amide bonds. The van der Waals surface area contributed by atoms with E-state index in [0.29, 0.717) is 6.41 Å². The van der Waals surface area contributed by atoms with Crippen LogP contribution in [0.5, 0.6) is 5.75 Å². The van der Waals surface area contributed by atoms with Crippen LogP contribution in [0.3, 0.4) is 0 Å². The molecule has 0 spiro atoms. The number of aromatic hydroxyl groups is 1. The molecule has 0 saturated carbocycles. The molecule has 3 aromatic rings. The number of halogens is 6. The highest BCUT2D eigenvalue weighted by atomic mass is 35.5. The van der Waals surface area contributed by atoms with Crippen molar-refractivity contribution in [3.05, 3.63) is 81.6 Å². The Hall–Kier alpha value is -3.71. The maximum absolute atomic E-state index is 12.8. The second-order valence-electron chi connectivity index (χ2n) is 8.05. The largest absolute Gasteiger partial charge is 0.506 e. The number of amides is 2. The number of rotatable bonds is 7. The zero-order chi connectivity index (χ0) is 29.7. The Morgan fingerprint density at radius 1 is 0.974 bits per heavy atom. The molecule has 3 aromatic carbocycles. The summed E-state index contributed by atoms with van der Waals surface area (Å²) in [6, 6.07) is 8.70. The highest BCUT2D eigenvalue weighted by Crippen LogP contribution is 2.34. The van der Waals surface area contributed by atoms with E-state index in [4.69, 9.17) is 11.6 Å². The molecule has 39 heavy (non-hydrogen) atoms. The third kappa shape index (κ3) is 7.03. The van der Waals surface area contributed by atoms with Crippen molar-refractivity contribution in [2.24, 2.45) is 0 Å². The van der Waals surface area contributed by atoms with E-state index in [9.17, 15) is 45.1 Å². The monoisotopic (exact) mass is 592 g/mol. The summed E-state index contributed by atoms with van der Waals surface area (Å²) in [7, 11) is -3.91. The number of carbonyl (C=O) groups excluding carboxylic acids is 2. The predicted octanol–water partition coefficient (Wildman–Crippen LogP) is 5.80. The van der Waals surface area contributed by atoms with E-state index in [1.54, 1.807) is 26.0 Å². The van der Waals surface area contributed by atoms with E-state index < -0.39 is 55.6 Å². The van der Waals surface area contributed by atoms with E-state index in [-0.39, 0.29) is 33.5 Å². The summed E-state index contributed by atoms with van der Waals surface area (Å²) < 4.78 is 87.3. The Balaban J connectivity index is 0.000000370. The fraction of sp³-hybridized carbons (Fsp3) is 0.200. The second-order valence-corrected chi connectivity index (χ2v) is 10.6. The number of hydrogen-bond acceptors (Lipinski definition) is 5. The van der Waals surface area contributed by atoms with E-state index in [2.05, 4.69) is 10.6 Å². The summed E-state index contributed by atoms with van der Waals surface area (Å²) in [5.41, 5.74) is -0.00935. The summed E-state index contributed by atoms with van der Waals surface area (Å²) in [6.07, 6.45) is 0.418. The molecule has 210 valence electrons. The molecular weight excluding hydrogens is 571 g/mol. The topological polar surface area (TPSA) is 113 Å². The van der Waals surface area contributed by atoms with Crippen LogP contribution >= 0.6 is 11.6 Å². The fourth-order valence-electron chi connectivity index (χ4n) is 3.27. The molecular formula is C25H22ClF5N2O5S. The van der Waals surface area contributed by atoms with Crippen molar-refractivity contribution in [3.63, 3.8) is 0 Å². The number of nitrogens with one attached hydrogen (secondary N) is 2. The van der Waals surface area contributed by atoms with Gasteiger partial charge in [0.15, 0.2) is 33.1 Å². The van der Waals surface area contributed by atoms with Gasteiger partial charge in [-0.05, 0) is 44.0 Å². The van der Waals surface area contributed by atoms with Crippen LogP contribution in [0, 0.1) is 42.9 Å². The lowest BCUT2D eigenvalue weighted by atomic mass is 10.2. The Labute approximate surface area is 225 Å². The predicted molar refractivity (Wildman–Crippen MR) is 135 cm³/mol. The third-order valence-corrected chi connectivity index (χ3v) is 7.86. The minimum atomic E-state index is -3.91. The van der Waals surface area contributed by atoms with E-state index >= 15 is 0 Å². The van der Waals surface area contributed by atoms with Crippen LogP contribution in [-0.2, 0) is 19.4 Å². The molecule has 14 heteroatoms. The molecule has 0 bridgehead atoms. The van der Waals surface area contributed by atoms with Crippen LogP contribution in [0.1, 0.15) is 24.5 Å². The van der Waals surface area contributed by atoms with Crippen LogP contribution in [0.2, 0.25) is 5.02 Å². The van der Waals surface area contributed by atoms with Gasteiger partial charge in [-0.1, -0.05) is 30.7 Å². The summed E-state index contributed by atoms with van der Waals surface area (Å²) in [5, 5.41) is 13.3. The molecule has 0 aromatic heterocycles. The minimum absolute atomic E-state index is 0.0355. The highest BCUT2D eigenvalue weighted by Gasteiger charge is 2.33. The van der Waals surface area contributed by atoms with E-state index in [1.807, 2.05) is 0 Å². The van der Waals surface area contributed by atoms with Crippen LogP contribution in [-0.4, -0.2) is 31.1 Å². The first kappa shape index (κ1) is 31.5. The first-order chi connectivity index (χ1) is 18.2. The number of phenols is 1. The number of hydrogen-bond donors (Lipinski definition) is 3. The van der Waals surface area contributed by atoms with Crippen LogP contribution in [0.25, 0.3) is 0 Å². The number of aryl methyl sites for hydroxylation is 1. The van der Waals surface area contributed by atoms with Gasteiger partial charge < -0.3 is 15.7 Å². The van der Waals surface area contributed by atoms with Gasteiger partial charge in [0, 0.05) is 11.6 Å². The van der Waals surface area contributed by atoms with Gasteiger partial charge in [-0.3, -0.25) is 9.59 Å². The average molecular weight is 593 g/mol. The standard InChI is InChI=1S/C18H19ClN2O5S.C7H3F5/c1-3-17(27(25,26)12-6-4-5-11(2)7-12)18(24)21-14-9-16(23)15(20-10-22)8-13(14)19;1-2-3(8)5(10)7(12)6(11)4(2)9/h4-10,17,23H,3H2,1-2H3,(H,20,22)(H,21,24);1H3. The van der Waals surface area contributed by atoms with Gasteiger partial charge in [-0.2, -0.15) is 0 Å². The van der Waals surface area contributed by atoms with Gasteiger partial charge in [-0.15, -0.1) is 0 Å². The van der Waals surface area contributed by atoms with Crippen molar-refractivity contribution < 1.29 is 45.1 Å². The normalized spacial score (nSPS) is 11.7. The molecule has 0 aliphatic rings. The van der Waals surface area contributed by atoms with Crippen molar-refractivity contribution >= 4 is 45.1 Å². The summed E-state index contributed by atoms with van der Waals surface area (Å²) in [6.45, 7) is 4.17. The molecule has 1 atom stereocenters. The van der Waals surface area contributed by atoms with Crippen molar-refractivity contribution in [1.29, 1.82) is 0 Å². The Morgan fingerprint density at radius 2 is 1.54 bits per heavy atom. The van der Waals surface area contributed by atoms with Crippen LogP contribution in [0.4, 0.5) is 33.3 Å². The maximum atomic E-state index is 12.8. The lowest BCUT2D eigenvalue weighted by Crippen LogP contribution is -2.34. The molecule has 0 radical (unpaired) electrons. The number of anilines is 2. The first-order valence-corrected chi connectivity index (χ1v) is 12.9. The average Bonchev–Trinajstić information content (AvgIpc) is 2.89. The van der Waals surface area contributed by atoms with Gasteiger partial charge in [0.1, 0.15) is 11.0 Å². The lowest BCUT2D eigenvalue weighted by Gasteiger charge is -2.17. The van der Waals surface area contributed by atoms with Crippen molar-refractivity contribution in [3.8, 4) is 5.75 Å². The molecule has 3 N–H and O–H groups in total. The quantitative estimate of drug-likeness (QED) is 0.105. The Morgan fingerprint density at radius 3 is 2.05 bits per heavy atom. The van der Waals surface area contributed by atoms with Gasteiger partial charge in [0.05, 0.1) is 21.3 Å². The molecule has 3 rings (SSSR count). The van der Waals surface area contributed by atoms with E-state index in [0.717, 1.165) is 18.6 Å². The van der Waals surface area contributed by atoms with Crippen LogP contribution in [0.15, 0.2) is 41.3 Å². The Kier molecular flexibility index (Phi) is 10.4. The number of sulfone groups is 1. The molecule has 0 aliphatic carbocycles. The molecule has 0 fully saturated rings. The molecule has 0 aliphatic heterocycles. The van der Waals surface area contributed by atoms with Crippen molar-refractivity contribution in [2.45, 2.75) is 37.3 Å². The second kappa shape index (κ2) is 12.9. The third-order valence-electron chi connectivity index (χ3n) is 5.34. The van der Waals surface area contributed by atoms with Crippen molar-refractivity contribution in [1.82, 2.24) is 0 Å². The van der Waals surface area contributed by atoms with Crippen LogP contribution < -0.4 is 10.6 Å². The highest BCUT2D eigenvalue weighted by molar-refractivity contribution is 7.92. The first-order valence-electron chi connectivity index (χ1n) is 11.0. The zero-order valence-corrected chi connectivity index (χ0v) is 22.2. The summed E-state index contributed by atoms with van der Waals surface area (Å²) in [4.78, 5) is 23.2. The fourth-order valence-corrected chi connectivity index (χ4v) is 5.20. The molecule has 0 saturated heterocycles. The summed E-state index contributed by atoms with van der Waals surface area (Å²) >= 11 is 6.05. The smallest absolute Gasteiger partial charge is 0.243 e. The van der Waals surface area contributed by atoms with Gasteiger partial charge in [-0.25, -0.2) is 30.4 Å². The van der Waals surface area contributed by atoms with E-state index in [1.165, 1.54) is 18.2 Å². The SMILES string of the molecule is CCC(C(=O)Nc1cc(O)c(NC=O)cc1Cl)S(=O)(=O)c1cccc(C)c1.Cc1c(F)c(F)c(F)c(F)c1F. The van der Waals surface area contributed by atoms with Gasteiger partial charge in [0.25, 0.3) is 0 Å². The summed E-state index contributed by atoms with van der Waals surface area (Å²) in [5.74, 6) is -10.6. The number of phenolic OH excluding ortho intramolecular Hbond substituents is 1. The molecule has 1 unspecified atom stereocenters. The lowest BCUT2D eigenvalue weighted by molar-refractivity contribution is -0.115. The van der Waals surface area contributed by atoms with Gasteiger partial charge >= 0.3 is 0 Å². The number of benzene rings is 3.